The summed E-state index contributed by atoms with van der Waals surface area (Å²) in [5.74, 6) is 1.43. The molecular formula is C23H26FIN6. The van der Waals surface area contributed by atoms with Gasteiger partial charge in [0.2, 0.25) is 0 Å². The molecule has 0 saturated heterocycles. The van der Waals surface area contributed by atoms with Crippen molar-refractivity contribution < 1.29 is 4.39 Å². The van der Waals surface area contributed by atoms with Gasteiger partial charge in [-0.1, -0.05) is 30.3 Å². The van der Waals surface area contributed by atoms with E-state index < -0.39 is 0 Å². The van der Waals surface area contributed by atoms with Crippen LogP contribution in [0.5, 0.6) is 0 Å². The minimum atomic E-state index is -0.232. The van der Waals surface area contributed by atoms with Gasteiger partial charge in [0.1, 0.15) is 11.6 Å². The lowest BCUT2D eigenvalue weighted by molar-refractivity contribution is 0.629. The van der Waals surface area contributed by atoms with Crippen molar-refractivity contribution in [1.82, 2.24) is 25.2 Å². The van der Waals surface area contributed by atoms with Crippen LogP contribution in [0.15, 0.2) is 72.1 Å². The largest absolute Gasteiger partial charge is 0.361 e. The summed E-state index contributed by atoms with van der Waals surface area (Å²) >= 11 is 0. The fourth-order valence-corrected chi connectivity index (χ4v) is 3.50. The SMILES string of the molecule is CN=C(NCCc1c[nH]c2cc(F)ccc12)NCc1nccn1Cc1ccccc1.I. The van der Waals surface area contributed by atoms with Crippen LogP contribution in [0, 0.1) is 5.82 Å². The molecule has 162 valence electrons. The number of hydrogen-bond donors (Lipinski definition) is 3. The predicted molar refractivity (Wildman–Crippen MR) is 133 cm³/mol. The van der Waals surface area contributed by atoms with Crippen molar-refractivity contribution in [1.29, 1.82) is 0 Å². The molecule has 4 aromatic rings. The summed E-state index contributed by atoms with van der Waals surface area (Å²) in [5.41, 5.74) is 3.20. The van der Waals surface area contributed by atoms with Crippen LogP contribution in [0.25, 0.3) is 10.9 Å². The topological polar surface area (TPSA) is 70.0 Å². The minimum absolute atomic E-state index is 0. The fraction of sp³-hybridized carbons (Fsp3) is 0.217. The molecule has 31 heavy (non-hydrogen) atoms. The Morgan fingerprint density at radius 2 is 2.00 bits per heavy atom. The minimum Gasteiger partial charge on any atom is -0.361 e. The zero-order valence-electron chi connectivity index (χ0n) is 17.3. The van der Waals surface area contributed by atoms with E-state index in [0.29, 0.717) is 13.1 Å². The third-order valence-corrected chi connectivity index (χ3v) is 5.05. The summed E-state index contributed by atoms with van der Waals surface area (Å²) in [7, 11) is 1.75. The van der Waals surface area contributed by atoms with Gasteiger partial charge < -0.3 is 20.2 Å². The number of aromatic nitrogens is 3. The van der Waals surface area contributed by atoms with Gasteiger partial charge >= 0.3 is 0 Å². The van der Waals surface area contributed by atoms with Crippen LogP contribution in [0.1, 0.15) is 17.0 Å². The number of guanidine groups is 1. The van der Waals surface area contributed by atoms with Gasteiger partial charge in [0.25, 0.3) is 0 Å². The molecule has 2 aromatic carbocycles. The maximum atomic E-state index is 13.3. The highest BCUT2D eigenvalue weighted by molar-refractivity contribution is 14.0. The molecular weight excluding hydrogens is 506 g/mol. The lowest BCUT2D eigenvalue weighted by Crippen LogP contribution is -2.38. The molecule has 0 spiro atoms. The second-order valence-corrected chi connectivity index (χ2v) is 7.06. The smallest absolute Gasteiger partial charge is 0.191 e. The first-order valence-corrected chi connectivity index (χ1v) is 9.97. The number of nitrogens with one attached hydrogen (secondary N) is 3. The van der Waals surface area contributed by atoms with Gasteiger partial charge in [-0.15, -0.1) is 24.0 Å². The number of nitrogens with zero attached hydrogens (tertiary/aromatic N) is 3. The standard InChI is InChI=1S/C23H25FN6.HI/c1-25-23(27-10-9-18-14-28-21-13-19(24)7-8-20(18)21)29-15-22-26-11-12-30(22)16-17-5-3-2-4-6-17;/h2-8,11-14,28H,9-10,15-16H2,1H3,(H2,25,27,29);1H. The molecule has 2 aromatic heterocycles. The maximum absolute atomic E-state index is 13.3. The lowest BCUT2D eigenvalue weighted by atomic mass is 10.1. The Kier molecular flexibility index (Phi) is 8.05. The predicted octanol–water partition coefficient (Wildman–Crippen LogP) is 4.08. The van der Waals surface area contributed by atoms with E-state index in [2.05, 4.69) is 42.3 Å². The molecule has 8 heteroatoms. The molecule has 0 aliphatic rings. The highest BCUT2D eigenvalue weighted by atomic mass is 127. The van der Waals surface area contributed by atoms with E-state index in [0.717, 1.165) is 41.2 Å². The summed E-state index contributed by atoms with van der Waals surface area (Å²) in [6.45, 7) is 2.07. The van der Waals surface area contributed by atoms with E-state index in [1.54, 1.807) is 7.05 Å². The van der Waals surface area contributed by atoms with Crippen molar-refractivity contribution in [2.24, 2.45) is 4.99 Å². The maximum Gasteiger partial charge on any atom is 0.191 e. The third kappa shape index (κ3) is 5.84. The van der Waals surface area contributed by atoms with Crippen LogP contribution in [0.3, 0.4) is 0 Å². The van der Waals surface area contributed by atoms with E-state index in [4.69, 9.17) is 0 Å². The van der Waals surface area contributed by atoms with E-state index in [1.807, 2.05) is 42.9 Å². The molecule has 0 aliphatic carbocycles. The van der Waals surface area contributed by atoms with Gasteiger partial charge in [-0.3, -0.25) is 4.99 Å². The van der Waals surface area contributed by atoms with Gasteiger partial charge in [0, 0.05) is 49.6 Å². The number of imidazole rings is 1. The zero-order chi connectivity index (χ0) is 20.8. The molecule has 0 fully saturated rings. The molecule has 0 radical (unpaired) electrons. The molecule has 0 atom stereocenters. The van der Waals surface area contributed by atoms with Gasteiger partial charge in [0.05, 0.1) is 6.54 Å². The molecule has 0 bridgehead atoms. The van der Waals surface area contributed by atoms with E-state index in [9.17, 15) is 4.39 Å². The summed E-state index contributed by atoms with van der Waals surface area (Å²) in [5, 5.41) is 7.70. The van der Waals surface area contributed by atoms with Crippen LogP contribution < -0.4 is 10.6 Å². The molecule has 0 amide bonds. The van der Waals surface area contributed by atoms with Crippen LogP contribution >= 0.6 is 24.0 Å². The lowest BCUT2D eigenvalue weighted by Gasteiger charge is -2.13. The van der Waals surface area contributed by atoms with Crippen molar-refractivity contribution in [2.45, 2.75) is 19.5 Å². The number of benzene rings is 2. The van der Waals surface area contributed by atoms with Crippen LogP contribution in [0.4, 0.5) is 4.39 Å². The number of aliphatic imine (C=N–C) groups is 1. The molecule has 0 saturated carbocycles. The Balaban J connectivity index is 0.00000272. The first kappa shape index (κ1) is 22.8. The Bertz CT molecular complexity index is 1140. The highest BCUT2D eigenvalue weighted by Gasteiger charge is 2.07. The first-order chi connectivity index (χ1) is 14.7. The van der Waals surface area contributed by atoms with Crippen molar-refractivity contribution in [3.8, 4) is 0 Å². The summed E-state index contributed by atoms with van der Waals surface area (Å²) in [6.07, 6.45) is 6.54. The summed E-state index contributed by atoms with van der Waals surface area (Å²) < 4.78 is 15.5. The second kappa shape index (κ2) is 10.9. The van der Waals surface area contributed by atoms with Gasteiger partial charge in [-0.25, -0.2) is 9.37 Å². The monoisotopic (exact) mass is 532 g/mol. The van der Waals surface area contributed by atoms with Crippen molar-refractivity contribution >= 4 is 40.8 Å². The van der Waals surface area contributed by atoms with E-state index in [1.165, 1.54) is 17.7 Å². The normalized spacial score (nSPS) is 11.4. The van der Waals surface area contributed by atoms with Crippen LogP contribution in [0.2, 0.25) is 0 Å². The van der Waals surface area contributed by atoms with Crippen LogP contribution in [-0.4, -0.2) is 34.1 Å². The molecule has 0 unspecified atom stereocenters. The molecule has 6 nitrogen and oxygen atoms in total. The Hall–Kier alpha value is -2.88. The fourth-order valence-electron chi connectivity index (χ4n) is 3.50. The number of fused-ring (bicyclic) bond motifs is 1. The zero-order valence-corrected chi connectivity index (χ0v) is 19.6. The average Bonchev–Trinajstić information content (AvgIpc) is 3.37. The van der Waals surface area contributed by atoms with Gasteiger partial charge in [0.15, 0.2) is 5.96 Å². The second-order valence-electron chi connectivity index (χ2n) is 7.06. The number of halogens is 2. The quantitative estimate of drug-likeness (QED) is 0.191. The van der Waals surface area contributed by atoms with Crippen LogP contribution in [-0.2, 0) is 19.5 Å². The third-order valence-electron chi connectivity index (χ3n) is 5.05. The molecule has 3 N–H and O–H groups in total. The first-order valence-electron chi connectivity index (χ1n) is 9.97. The highest BCUT2D eigenvalue weighted by Crippen LogP contribution is 2.19. The van der Waals surface area contributed by atoms with Crippen molar-refractivity contribution in [3.63, 3.8) is 0 Å². The number of H-pyrrole nitrogens is 1. The molecule has 0 aliphatic heterocycles. The Morgan fingerprint density at radius 3 is 2.81 bits per heavy atom. The van der Waals surface area contributed by atoms with Crippen molar-refractivity contribution in [3.05, 3.63) is 89.9 Å². The summed E-state index contributed by atoms with van der Waals surface area (Å²) in [6, 6.07) is 15.1. The summed E-state index contributed by atoms with van der Waals surface area (Å²) in [4.78, 5) is 11.9. The van der Waals surface area contributed by atoms with E-state index >= 15 is 0 Å². The van der Waals surface area contributed by atoms with Gasteiger partial charge in [-0.05, 0) is 35.7 Å². The van der Waals surface area contributed by atoms with E-state index in [-0.39, 0.29) is 29.8 Å². The van der Waals surface area contributed by atoms with Gasteiger partial charge in [-0.2, -0.15) is 0 Å². The number of rotatable bonds is 7. The number of aromatic amines is 1. The average molecular weight is 532 g/mol. The Morgan fingerprint density at radius 1 is 1.16 bits per heavy atom. The molecule has 2 heterocycles. The Labute approximate surface area is 198 Å². The number of hydrogen-bond acceptors (Lipinski definition) is 2. The van der Waals surface area contributed by atoms with Crippen molar-refractivity contribution in [2.75, 3.05) is 13.6 Å². The molecule has 4 rings (SSSR count).